The maximum absolute atomic E-state index is 12.2. The second-order valence-electron chi connectivity index (χ2n) is 5.74. The summed E-state index contributed by atoms with van der Waals surface area (Å²) in [6, 6.07) is 5.66. The van der Waals surface area contributed by atoms with Gasteiger partial charge < -0.3 is 10.1 Å². The summed E-state index contributed by atoms with van der Waals surface area (Å²) in [6.45, 7) is 5.61. The number of amides is 1. The number of carbonyl (C=O) groups excluding carboxylic acids is 1. The number of carbonyl (C=O) groups is 1. The minimum absolute atomic E-state index is 0.110. The van der Waals surface area contributed by atoms with E-state index in [0.29, 0.717) is 29.6 Å². The summed E-state index contributed by atoms with van der Waals surface area (Å²) in [5.41, 5.74) is 2.02. The largest absolute Gasteiger partial charge is 0.496 e. The van der Waals surface area contributed by atoms with Crippen LogP contribution in [0.4, 0.5) is 0 Å². The highest BCUT2D eigenvalue weighted by Crippen LogP contribution is 2.28. The maximum atomic E-state index is 12.2. The minimum atomic E-state index is -0.110. The van der Waals surface area contributed by atoms with Gasteiger partial charge in [-0.15, -0.1) is 5.10 Å². The van der Waals surface area contributed by atoms with Gasteiger partial charge in [0.25, 0.3) is 5.91 Å². The lowest BCUT2D eigenvalue weighted by atomic mass is 10.1. The number of ether oxygens (including phenoxy) is 1. The fourth-order valence-electron chi connectivity index (χ4n) is 2.27. The Hall–Kier alpha value is -2.41. The molecule has 0 unspecified atom stereocenters. The first-order valence-corrected chi connectivity index (χ1v) is 8.11. The van der Waals surface area contributed by atoms with E-state index in [1.54, 1.807) is 25.4 Å². The number of rotatable bonds is 9. The number of nitrogens with zero attached hydrogens (tertiary/aromatic N) is 3. The Kier molecular flexibility index (Phi) is 6.74. The predicted molar refractivity (Wildman–Crippen MR) is 92.1 cm³/mol. The summed E-state index contributed by atoms with van der Waals surface area (Å²) < 4.78 is 5.37. The van der Waals surface area contributed by atoms with E-state index >= 15 is 0 Å². The molecule has 7 heteroatoms. The Morgan fingerprint density at radius 2 is 2.21 bits per heavy atom. The van der Waals surface area contributed by atoms with Gasteiger partial charge in [-0.3, -0.25) is 9.89 Å². The fraction of sp³-hybridized carbons (Fsp3) is 0.471. The standard InChI is InChI=1S/C17H24N5O2/c1-12(2)18-8-4-5-9-19-17(23)13-6-7-14(16(10-13)24-3)15-11-20-22-21-15/h6-7,10-12H,4-5,8-9H2,1-3H3,(H,19,23)(H,20,21,22). The Morgan fingerprint density at radius 3 is 2.88 bits per heavy atom. The van der Waals surface area contributed by atoms with E-state index in [1.165, 1.54) is 0 Å². The van der Waals surface area contributed by atoms with Gasteiger partial charge in [-0.2, -0.15) is 0 Å². The Balaban J connectivity index is 1.88. The van der Waals surface area contributed by atoms with Gasteiger partial charge in [0.15, 0.2) is 0 Å². The molecule has 24 heavy (non-hydrogen) atoms. The first-order chi connectivity index (χ1) is 11.6. The molecular weight excluding hydrogens is 306 g/mol. The lowest BCUT2D eigenvalue weighted by Gasteiger charge is -2.10. The number of hydrogen-bond acceptors (Lipinski definition) is 4. The van der Waals surface area contributed by atoms with Crippen molar-refractivity contribution in [2.45, 2.75) is 32.7 Å². The summed E-state index contributed by atoms with van der Waals surface area (Å²) in [5.74, 6) is 0.480. The van der Waals surface area contributed by atoms with Crippen molar-refractivity contribution in [2.24, 2.45) is 0 Å². The molecule has 7 nitrogen and oxygen atoms in total. The lowest BCUT2D eigenvalue weighted by Crippen LogP contribution is -2.25. The van der Waals surface area contributed by atoms with Crippen molar-refractivity contribution >= 4 is 5.91 Å². The average Bonchev–Trinajstić information content (AvgIpc) is 3.11. The molecule has 0 atom stereocenters. The van der Waals surface area contributed by atoms with Crippen LogP contribution >= 0.6 is 0 Å². The van der Waals surface area contributed by atoms with Crippen LogP contribution in [0.3, 0.4) is 0 Å². The van der Waals surface area contributed by atoms with Crippen molar-refractivity contribution in [3.8, 4) is 17.0 Å². The molecule has 2 rings (SSSR count). The van der Waals surface area contributed by atoms with Crippen molar-refractivity contribution in [2.75, 3.05) is 20.2 Å². The van der Waals surface area contributed by atoms with Gasteiger partial charge in [0, 0.05) is 30.3 Å². The topological polar surface area (TPSA) is 94.0 Å². The number of aromatic amines is 1. The Bertz CT molecular complexity index is 640. The zero-order chi connectivity index (χ0) is 17.4. The van der Waals surface area contributed by atoms with Crippen LogP contribution in [0.2, 0.25) is 0 Å². The number of methoxy groups -OCH3 is 1. The third-order valence-corrected chi connectivity index (χ3v) is 3.52. The van der Waals surface area contributed by atoms with Gasteiger partial charge >= 0.3 is 0 Å². The van der Waals surface area contributed by atoms with Crippen molar-refractivity contribution in [3.63, 3.8) is 0 Å². The average molecular weight is 330 g/mol. The normalized spacial score (nSPS) is 10.8. The molecule has 0 aliphatic carbocycles. The van der Waals surface area contributed by atoms with E-state index in [-0.39, 0.29) is 5.91 Å². The van der Waals surface area contributed by atoms with E-state index in [1.807, 2.05) is 6.07 Å². The third-order valence-electron chi connectivity index (χ3n) is 3.52. The van der Waals surface area contributed by atoms with Gasteiger partial charge in [-0.25, -0.2) is 5.32 Å². The monoisotopic (exact) mass is 330 g/mol. The number of H-pyrrole nitrogens is 1. The molecular formula is C17H24N5O2. The van der Waals surface area contributed by atoms with Crippen LogP contribution in [0, 0.1) is 0 Å². The third kappa shape index (κ3) is 5.06. The summed E-state index contributed by atoms with van der Waals surface area (Å²) >= 11 is 0. The van der Waals surface area contributed by atoms with Crippen LogP contribution in [0.1, 0.15) is 37.0 Å². The second kappa shape index (κ2) is 9.02. The zero-order valence-electron chi connectivity index (χ0n) is 14.4. The first kappa shape index (κ1) is 17.9. The Labute approximate surface area is 142 Å². The van der Waals surface area contributed by atoms with Crippen LogP contribution in [-0.4, -0.2) is 47.6 Å². The smallest absolute Gasteiger partial charge is 0.251 e. The molecule has 0 fully saturated rings. The highest BCUT2D eigenvalue weighted by Gasteiger charge is 2.12. The first-order valence-electron chi connectivity index (χ1n) is 8.11. The number of benzene rings is 1. The van der Waals surface area contributed by atoms with E-state index in [9.17, 15) is 4.79 Å². The summed E-state index contributed by atoms with van der Waals surface area (Å²) in [7, 11) is 1.57. The van der Waals surface area contributed by atoms with Crippen LogP contribution in [0.15, 0.2) is 24.4 Å². The molecule has 0 spiro atoms. The predicted octanol–water partition coefficient (Wildman–Crippen LogP) is 2.00. The molecule has 0 saturated carbocycles. The molecule has 1 aromatic heterocycles. The molecule has 0 bridgehead atoms. The van der Waals surface area contributed by atoms with Gasteiger partial charge in [0.05, 0.1) is 13.3 Å². The molecule has 2 aromatic rings. The minimum Gasteiger partial charge on any atom is -0.496 e. The molecule has 0 aliphatic rings. The van der Waals surface area contributed by atoms with Crippen molar-refractivity contribution in [1.29, 1.82) is 0 Å². The van der Waals surface area contributed by atoms with Gasteiger partial charge in [0.1, 0.15) is 11.4 Å². The molecule has 0 aliphatic heterocycles. The van der Waals surface area contributed by atoms with Crippen LogP contribution in [0.5, 0.6) is 5.75 Å². The lowest BCUT2D eigenvalue weighted by molar-refractivity contribution is 0.0952. The number of aromatic nitrogens is 3. The fourth-order valence-corrected chi connectivity index (χ4v) is 2.27. The summed E-state index contributed by atoms with van der Waals surface area (Å²) in [6.07, 6.45) is 3.57. The zero-order valence-corrected chi connectivity index (χ0v) is 14.4. The van der Waals surface area contributed by atoms with Crippen LogP contribution in [-0.2, 0) is 0 Å². The number of nitrogens with one attached hydrogen (secondary N) is 2. The van der Waals surface area contributed by atoms with Gasteiger partial charge in [-0.1, -0.05) is 5.21 Å². The highest BCUT2D eigenvalue weighted by molar-refractivity contribution is 5.95. The van der Waals surface area contributed by atoms with E-state index in [2.05, 4.69) is 39.9 Å². The molecule has 0 saturated heterocycles. The molecule has 1 heterocycles. The van der Waals surface area contributed by atoms with E-state index in [4.69, 9.17) is 4.74 Å². The SMILES string of the molecule is COc1cc(C(=O)NCCCC[N]C(C)C)ccc1-c1c[nH]nn1. The summed E-state index contributed by atoms with van der Waals surface area (Å²) in [4.78, 5) is 12.2. The van der Waals surface area contributed by atoms with Crippen molar-refractivity contribution < 1.29 is 9.53 Å². The Morgan fingerprint density at radius 1 is 1.38 bits per heavy atom. The second-order valence-corrected chi connectivity index (χ2v) is 5.74. The van der Waals surface area contributed by atoms with Gasteiger partial charge in [-0.05, 0) is 44.9 Å². The molecule has 129 valence electrons. The number of hydrogen-bond donors (Lipinski definition) is 2. The molecule has 2 N–H and O–H groups in total. The molecule has 1 aromatic carbocycles. The van der Waals surface area contributed by atoms with Crippen molar-refractivity contribution in [3.05, 3.63) is 30.0 Å². The van der Waals surface area contributed by atoms with Crippen LogP contribution in [0.25, 0.3) is 11.3 Å². The maximum Gasteiger partial charge on any atom is 0.251 e. The summed E-state index contributed by atoms with van der Waals surface area (Å²) in [5, 5.41) is 17.7. The number of unbranched alkanes of at least 4 members (excludes halogenated alkanes) is 1. The highest BCUT2D eigenvalue weighted by atomic mass is 16.5. The molecule has 1 amide bonds. The molecule has 1 radical (unpaired) electrons. The quantitative estimate of drug-likeness (QED) is 0.688. The van der Waals surface area contributed by atoms with Crippen LogP contribution < -0.4 is 15.4 Å². The van der Waals surface area contributed by atoms with E-state index < -0.39 is 0 Å². The van der Waals surface area contributed by atoms with Gasteiger partial charge in [0.2, 0.25) is 0 Å². The van der Waals surface area contributed by atoms with Crippen molar-refractivity contribution in [1.82, 2.24) is 26.0 Å². The van der Waals surface area contributed by atoms with E-state index in [0.717, 1.165) is 24.9 Å².